The Morgan fingerprint density at radius 1 is 1.00 bits per heavy atom. The van der Waals surface area contributed by atoms with Crippen LogP contribution in [0, 0.1) is 23.2 Å². The Kier molecular flexibility index (Phi) is 6.62. The Bertz CT molecular complexity index is 180. The predicted molar refractivity (Wildman–Crippen MR) is 72.5 cm³/mol. The summed E-state index contributed by atoms with van der Waals surface area (Å²) >= 11 is 0. The van der Waals surface area contributed by atoms with Gasteiger partial charge in [-0.25, -0.2) is 0 Å². The van der Waals surface area contributed by atoms with Crippen molar-refractivity contribution in [3.8, 4) is 0 Å². The van der Waals surface area contributed by atoms with Gasteiger partial charge in [0.1, 0.15) is 0 Å². The molecular formula is C15H32O. The lowest BCUT2D eigenvalue weighted by atomic mass is 9.67. The van der Waals surface area contributed by atoms with Crippen LogP contribution in [0.5, 0.6) is 0 Å². The molecule has 0 aromatic heterocycles. The lowest BCUT2D eigenvalue weighted by molar-refractivity contribution is -0.0264. The van der Waals surface area contributed by atoms with Gasteiger partial charge in [-0.1, -0.05) is 61.3 Å². The van der Waals surface area contributed by atoms with Gasteiger partial charge in [-0.3, -0.25) is 0 Å². The molecule has 98 valence electrons. The van der Waals surface area contributed by atoms with Gasteiger partial charge in [-0.05, 0) is 29.6 Å². The molecule has 0 bridgehead atoms. The first-order valence-electron chi connectivity index (χ1n) is 6.93. The van der Waals surface area contributed by atoms with Gasteiger partial charge < -0.3 is 5.11 Å². The fourth-order valence-electron chi connectivity index (χ4n) is 2.94. The molecule has 0 aliphatic carbocycles. The van der Waals surface area contributed by atoms with E-state index >= 15 is 0 Å². The fourth-order valence-corrected chi connectivity index (χ4v) is 2.94. The van der Waals surface area contributed by atoms with Gasteiger partial charge in [0.2, 0.25) is 0 Å². The van der Waals surface area contributed by atoms with Crippen LogP contribution in [0.2, 0.25) is 0 Å². The predicted octanol–water partition coefficient (Wildman–Crippen LogP) is 4.49. The summed E-state index contributed by atoms with van der Waals surface area (Å²) in [5, 5.41) is 10.5. The highest BCUT2D eigenvalue weighted by atomic mass is 16.3. The maximum atomic E-state index is 10.5. The summed E-state index contributed by atoms with van der Waals surface area (Å²) in [7, 11) is 0. The van der Waals surface area contributed by atoms with Crippen molar-refractivity contribution in [3.05, 3.63) is 0 Å². The molecule has 0 aliphatic rings. The van der Waals surface area contributed by atoms with E-state index in [1.807, 2.05) is 0 Å². The van der Waals surface area contributed by atoms with Crippen LogP contribution in [0.25, 0.3) is 0 Å². The smallest absolute Gasteiger partial charge is 0.0601 e. The van der Waals surface area contributed by atoms with Crippen molar-refractivity contribution in [2.24, 2.45) is 23.2 Å². The van der Waals surface area contributed by atoms with E-state index in [0.717, 1.165) is 19.3 Å². The Morgan fingerprint density at radius 2 is 1.50 bits per heavy atom. The maximum Gasteiger partial charge on any atom is 0.0601 e. The minimum atomic E-state index is -0.158. The molecule has 16 heavy (non-hydrogen) atoms. The molecule has 0 rings (SSSR count). The first-order valence-corrected chi connectivity index (χ1v) is 6.93. The Morgan fingerprint density at radius 3 is 1.81 bits per heavy atom. The van der Waals surface area contributed by atoms with Crippen molar-refractivity contribution >= 4 is 0 Å². The number of hydrogen-bond donors (Lipinski definition) is 1. The molecule has 1 N–H and O–H groups in total. The minimum absolute atomic E-state index is 0.158. The van der Waals surface area contributed by atoms with Crippen LogP contribution in [0.15, 0.2) is 0 Å². The second kappa shape index (κ2) is 6.64. The Labute approximate surface area is 103 Å². The molecule has 0 radical (unpaired) electrons. The molecule has 0 aliphatic heterocycles. The summed E-state index contributed by atoms with van der Waals surface area (Å²) < 4.78 is 0. The third kappa shape index (κ3) is 4.45. The summed E-state index contributed by atoms with van der Waals surface area (Å²) in [6, 6.07) is 0. The lowest BCUT2D eigenvalue weighted by Gasteiger charge is -2.41. The van der Waals surface area contributed by atoms with Crippen LogP contribution in [0.3, 0.4) is 0 Å². The number of aliphatic hydroxyl groups is 1. The summed E-state index contributed by atoms with van der Waals surface area (Å²) in [6.07, 6.45) is 3.28. The summed E-state index contributed by atoms with van der Waals surface area (Å²) in [4.78, 5) is 0. The monoisotopic (exact) mass is 228 g/mol. The van der Waals surface area contributed by atoms with Gasteiger partial charge in [0.05, 0.1) is 6.10 Å². The number of rotatable bonds is 6. The van der Waals surface area contributed by atoms with Crippen LogP contribution < -0.4 is 0 Å². The van der Waals surface area contributed by atoms with E-state index in [0.29, 0.717) is 17.8 Å². The molecular weight excluding hydrogens is 196 g/mol. The second-order valence-electron chi connectivity index (χ2n) is 6.53. The van der Waals surface area contributed by atoms with E-state index < -0.39 is 0 Å². The fraction of sp³-hybridized carbons (Fsp3) is 1.00. The quantitative estimate of drug-likeness (QED) is 0.710. The van der Waals surface area contributed by atoms with Gasteiger partial charge in [-0.15, -0.1) is 0 Å². The zero-order valence-corrected chi connectivity index (χ0v) is 12.4. The third-order valence-corrected chi connectivity index (χ3v) is 3.95. The van der Waals surface area contributed by atoms with Crippen molar-refractivity contribution in [1.29, 1.82) is 0 Å². The van der Waals surface area contributed by atoms with Crippen LogP contribution in [0.1, 0.15) is 67.7 Å². The highest BCUT2D eigenvalue weighted by Gasteiger charge is 2.36. The SMILES string of the molecule is CCCC(C)C(O)C(C(C)CC)C(C)(C)C. The van der Waals surface area contributed by atoms with Crippen molar-refractivity contribution in [2.75, 3.05) is 0 Å². The van der Waals surface area contributed by atoms with Gasteiger partial charge in [0, 0.05) is 0 Å². The molecule has 0 spiro atoms. The van der Waals surface area contributed by atoms with Crippen molar-refractivity contribution in [2.45, 2.75) is 73.8 Å². The van der Waals surface area contributed by atoms with Crippen molar-refractivity contribution in [3.63, 3.8) is 0 Å². The van der Waals surface area contributed by atoms with E-state index in [2.05, 4.69) is 48.5 Å². The molecule has 1 nitrogen and oxygen atoms in total. The molecule has 0 aromatic rings. The normalized spacial score (nSPS) is 20.2. The van der Waals surface area contributed by atoms with Crippen molar-refractivity contribution < 1.29 is 5.11 Å². The zero-order valence-electron chi connectivity index (χ0n) is 12.4. The van der Waals surface area contributed by atoms with E-state index in [-0.39, 0.29) is 11.5 Å². The van der Waals surface area contributed by atoms with Gasteiger partial charge in [0.15, 0.2) is 0 Å². The largest absolute Gasteiger partial charge is 0.393 e. The van der Waals surface area contributed by atoms with E-state index in [1.165, 1.54) is 0 Å². The number of aliphatic hydroxyl groups excluding tert-OH is 1. The first-order chi connectivity index (χ1) is 7.25. The topological polar surface area (TPSA) is 20.2 Å². The van der Waals surface area contributed by atoms with Crippen LogP contribution in [0.4, 0.5) is 0 Å². The van der Waals surface area contributed by atoms with E-state index in [1.54, 1.807) is 0 Å². The summed E-state index contributed by atoms with van der Waals surface area (Å²) in [5.74, 6) is 1.41. The van der Waals surface area contributed by atoms with E-state index in [9.17, 15) is 5.11 Å². The average Bonchev–Trinajstić information content (AvgIpc) is 2.15. The molecule has 0 saturated heterocycles. The standard InChI is InChI=1S/C15H32O/c1-8-10-12(4)14(16)13(11(3)9-2)15(5,6)7/h11-14,16H,8-10H2,1-7H3. The number of hydrogen-bond acceptors (Lipinski definition) is 1. The first kappa shape index (κ1) is 16.0. The van der Waals surface area contributed by atoms with Crippen molar-refractivity contribution in [1.82, 2.24) is 0 Å². The second-order valence-corrected chi connectivity index (χ2v) is 6.53. The molecule has 0 fully saturated rings. The summed E-state index contributed by atoms with van der Waals surface area (Å²) in [6.45, 7) is 15.6. The average molecular weight is 228 g/mol. The molecule has 0 saturated carbocycles. The van der Waals surface area contributed by atoms with E-state index in [4.69, 9.17) is 0 Å². The maximum absolute atomic E-state index is 10.5. The molecule has 0 aromatic carbocycles. The molecule has 0 heterocycles. The Balaban J connectivity index is 4.76. The Hall–Kier alpha value is -0.0400. The zero-order chi connectivity index (χ0) is 12.9. The molecule has 1 heteroatoms. The highest BCUT2D eigenvalue weighted by Crippen LogP contribution is 2.39. The van der Waals surface area contributed by atoms with Crippen LogP contribution in [-0.4, -0.2) is 11.2 Å². The summed E-state index contributed by atoms with van der Waals surface area (Å²) in [5.41, 5.74) is 0.191. The molecule has 4 unspecified atom stereocenters. The van der Waals surface area contributed by atoms with Gasteiger partial charge in [-0.2, -0.15) is 0 Å². The van der Waals surface area contributed by atoms with Crippen LogP contribution in [-0.2, 0) is 0 Å². The third-order valence-electron chi connectivity index (χ3n) is 3.95. The van der Waals surface area contributed by atoms with Gasteiger partial charge >= 0.3 is 0 Å². The molecule has 4 atom stereocenters. The van der Waals surface area contributed by atoms with Gasteiger partial charge in [0.25, 0.3) is 0 Å². The lowest BCUT2D eigenvalue weighted by Crippen LogP contribution is -2.40. The highest BCUT2D eigenvalue weighted by molar-refractivity contribution is 4.86. The molecule has 0 amide bonds. The van der Waals surface area contributed by atoms with Crippen LogP contribution >= 0.6 is 0 Å². The minimum Gasteiger partial charge on any atom is -0.393 e.